The second-order valence-corrected chi connectivity index (χ2v) is 6.69. The van der Waals surface area contributed by atoms with E-state index in [0.717, 1.165) is 19.0 Å². The molecule has 0 radical (unpaired) electrons. The van der Waals surface area contributed by atoms with Crippen LogP contribution >= 0.6 is 0 Å². The van der Waals surface area contributed by atoms with Crippen LogP contribution in [-0.4, -0.2) is 30.6 Å². The molecule has 1 aromatic rings. The fourth-order valence-corrected chi connectivity index (χ4v) is 4.04. The molecule has 1 heterocycles. The Morgan fingerprint density at radius 3 is 2.70 bits per heavy atom. The van der Waals surface area contributed by atoms with Crippen LogP contribution in [0.3, 0.4) is 0 Å². The number of hydrogen-bond acceptors (Lipinski definition) is 2. The van der Waals surface area contributed by atoms with E-state index in [0.29, 0.717) is 17.9 Å². The molecule has 0 spiro atoms. The van der Waals surface area contributed by atoms with Crippen molar-refractivity contribution in [2.24, 2.45) is 17.6 Å². The number of benzene rings is 1. The van der Waals surface area contributed by atoms with Gasteiger partial charge in [-0.1, -0.05) is 25.5 Å². The molecule has 3 rings (SSSR count). The van der Waals surface area contributed by atoms with Gasteiger partial charge in [0.25, 0.3) is 0 Å². The third kappa shape index (κ3) is 2.89. The first-order chi connectivity index (χ1) is 9.63. The Morgan fingerprint density at radius 1 is 1.25 bits per heavy atom. The van der Waals surface area contributed by atoms with Gasteiger partial charge in [-0.2, -0.15) is 0 Å². The highest BCUT2D eigenvalue weighted by atomic mass is 19.1. The fourth-order valence-electron chi connectivity index (χ4n) is 4.04. The zero-order valence-electron chi connectivity index (χ0n) is 12.3. The lowest BCUT2D eigenvalue weighted by atomic mass is 9.78. The molecule has 4 atom stereocenters. The average molecular weight is 276 g/mol. The number of fused-ring (bicyclic) bond motifs is 1. The molecule has 0 bridgehead atoms. The van der Waals surface area contributed by atoms with Gasteiger partial charge in [0.1, 0.15) is 5.82 Å². The van der Waals surface area contributed by atoms with E-state index in [2.05, 4.69) is 11.8 Å². The molecule has 1 aliphatic heterocycles. The van der Waals surface area contributed by atoms with Crippen molar-refractivity contribution in [3.8, 4) is 0 Å². The third-order valence-corrected chi connectivity index (χ3v) is 5.20. The van der Waals surface area contributed by atoms with E-state index in [1.807, 2.05) is 12.1 Å². The second-order valence-electron chi connectivity index (χ2n) is 6.69. The lowest BCUT2D eigenvalue weighted by Crippen LogP contribution is -2.38. The fraction of sp³-hybridized carbons (Fsp3) is 0.647. The summed E-state index contributed by atoms with van der Waals surface area (Å²) in [5.41, 5.74) is 7.50. The molecule has 2 aliphatic rings. The highest BCUT2D eigenvalue weighted by molar-refractivity contribution is 5.20. The molecular weight excluding hydrogens is 251 g/mol. The highest BCUT2D eigenvalue weighted by Gasteiger charge is 2.38. The lowest BCUT2D eigenvalue weighted by Gasteiger charge is -2.30. The zero-order chi connectivity index (χ0) is 14.1. The van der Waals surface area contributed by atoms with E-state index in [1.165, 1.54) is 31.4 Å². The van der Waals surface area contributed by atoms with E-state index in [4.69, 9.17) is 5.73 Å². The number of hydrogen-bond donors (Lipinski definition) is 1. The van der Waals surface area contributed by atoms with Gasteiger partial charge in [0.15, 0.2) is 0 Å². The van der Waals surface area contributed by atoms with Crippen molar-refractivity contribution >= 4 is 0 Å². The maximum Gasteiger partial charge on any atom is 0.123 e. The number of halogens is 1. The molecule has 1 saturated heterocycles. The van der Waals surface area contributed by atoms with Crippen molar-refractivity contribution in [3.05, 3.63) is 35.6 Å². The van der Waals surface area contributed by atoms with E-state index >= 15 is 0 Å². The average Bonchev–Trinajstić information content (AvgIpc) is 2.83. The Labute approximate surface area is 121 Å². The van der Waals surface area contributed by atoms with Crippen LogP contribution in [0.2, 0.25) is 0 Å². The van der Waals surface area contributed by atoms with Crippen molar-refractivity contribution in [1.29, 1.82) is 0 Å². The highest BCUT2D eigenvalue weighted by Crippen LogP contribution is 2.36. The quantitative estimate of drug-likeness (QED) is 0.919. The maximum atomic E-state index is 13.0. The van der Waals surface area contributed by atoms with Crippen molar-refractivity contribution in [2.45, 2.75) is 38.1 Å². The Bertz CT molecular complexity index is 445. The first kappa shape index (κ1) is 14.0. The molecule has 1 aliphatic carbocycles. The standard InChI is InChI=1S/C17H25FN2/c1-12(13-5-7-15(18)8-6-13)9-20-10-14-3-2-4-17(19)16(14)11-20/h5-8,12,14,16-17H,2-4,9-11,19H2,1H3. The van der Waals surface area contributed by atoms with Crippen LogP contribution in [0.5, 0.6) is 0 Å². The number of nitrogens with two attached hydrogens (primary N) is 1. The summed E-state index contributed by atoms with van der Waals surface area (Å²) < 4.78 is 13.0. The molecule has 0 amide bonds. The van der Waals surface area contributed by atoms with Gasteiger partial charge in [-0.15, -0.1) is 0 Å². The minimum Gasteiger partial charge on any atom is -0.327 e. The third-order valence-electron chi connectivity index (χ3n) is 5.20. The van der Waals surface area contributed by atoms with Crippen LogP contribution in [0.15, 0.2) is 24.3 Å². The topological polar surface area (TPSA) is 29.3 Å². The van der Waals surface area contributed by atoms with Crippen LogP contribution in [0.25, 0.3) is 0 Å². The van der Waals surface area contributed by atoms with Crippen LogP contribution < -0.4 is 5.73 Å². The predicted molar refractivity (Wildman–Crippen MR) is 80.1 cm³/mol. The van der Waals surface area contributed by atoms with Gasteiger partial charge in [0.2, 0.25) is 0 Å². The van der Waals surface area contributed by atoms with E-state index < -0.39 is 0 Å². The number of nitrogens with zero attached hydrogens (tertiary/aromatic N) is 1. The van der Waals surface area contributed by atoms with Crippen LogP contribution in [0.1, 0.15) is 37.7 Å². The molecule has 110 valence electrons. The zero-order valence-corrected chi connectivity index (χ0v) is 12.3. The molecule has 2 nitrogen and oxygen atoms in total. The number of likely N-dealkylation sites (tertiary alicyclic amines) is 1. The molecule has 2 fully saturated rings. The van der Waals surface area contributed by atoms with E-state index in [1.54, 1.807) is 12.1 Å². The Kier molecular flexibility index (Phi) is 4.08. The summed E-state index contributed by atoms with van der Waals surface area (Å²) in [6.07, 6.45) is 3.84. The van der Waals surface area contributed by atoms with Crippen molar-refractivity contribution in [1.82, 2.24) is 4.90 Å². The van der Waals surface area contributed by atoms with Crippen LogP contribution in [0, 0.1) is 17.7 Å². The van der Waals surface area contributed by atoms with Crippen molar-refractivity contribution < 1.29 is 4.39 Å². The minimum absolute atomic E-state index is 0.154. The van der Waals surface area contributed by atoms with Gasteiger partial charge in [-0.05, 0) is 48.3 Å². The molecule has 1 aromatic carbocycles. The SMILES string of the molecule is CC(CN1CC2CCCC(N)C2C1)c1ccc(F)cc1. The summed E-state index contributed by atoms with van der Waals surface area (Å²) in [5, 5.41) is 0. The summed E-state index contributed by atoms with van der Waals surface area (Å²) in [7, 11) is 0. The summed E-state index contributed by atoms with van der Waals surface area (Å²) >= 11 is 0. The van der Waals surface area contributed by atoms with Gasteiger partial charge in [-0.3, -0.25) is 0 Å². The first-order valence-electron chi connectivity index (χ1n) is 7.87. The molecule has 2 N–H and O–H groups in total. The van der Waals surface area contributed by atoms with Crippen molar-refractivity contribution in [3.63, 3.8) is 0 Å². The number of rotatable bonds is 3. The normalized spacial score (nSPS) is 32.0. The Morgan fingerprint density at radius 2 is 2.00 bits per heavy atom. The summed E-state index contributed by atoms with van der Waals surface area (Å²) in [6, 6.07) is 7.35. The molecule has 0 aromatic heterocycles. The summed E-state index contributed by atoms with van der Waals surface area (Å²) in [5.74, 6) is 1.80. The summed E-state index contributed by atoms with van der Waals surface area (Å²) in [4.78, 5) is 2.56. The Hall–Kier alpha value is -0.930. The minimum atomic E-state index is -0.154. The van der Waals surface area contributed by atoms with Gasteiger partial charge in [-0.25, -0.2) is 4.39 Å². The molecule has 3 heteroatoms. The van der Waals surface area contributed by atoms with Crippen molar-refractivity contribution in [2.75, 3.05) is 19.6 Å². The Balaban J connectivity index is 1.60. The molecule has 4 unspecified atom stereocenters. The largest absolute Gasteiger partial charge is 0.327 e. The second kappa shape index (κ2) is 5.82. The van der Waals surface area contributed by atoms with E-state index in [-0.39, 0.29) is 5.82 Å². The first-order valence-corrected chi connectivity index (χ1v) is 7.87. The predicted octanol–water partition coefficient (Wildman–Crippen LogP) is 2.99. The van der Waals surface area contributed by atoms with Gasteiger partial charge in [0, 0.05) is 25.7 Å². The summed E-state index contributed by atoms with van der Waals surface area (Å²) in [6.45, 7) is 5.64. The monoisotopic (exact) mass is 276 g/mol. The van der Waals surface area contributed by atoms with Gasteiger partial charge >= 0.3 is 0 Å². The van der Waals surface area contributed by atoms with E-state index in [9.17, 15) is 4.39 Å². The smallest absolute Gasteiger partial charge is 0.123 e. The van der Waals surface area contributed by atoms with Gasteiger partial charge < -0.3 is 10.6 Å². The van der Waals surface area contributed by atoms with Crippen LogP contribution in [0.4, 0.5) is 4.39 Å². The maximum absolute atomic E-state index is 13.0. The molecular formula is C17H25FN2. The lowest BCUT2D eigenvalue weighted by molar-refractivity contribution is 0.259. The molecule has 20 heavy (non-hydrogen) atoms. The van der Waals surface area contributed by atoms with Crippen LogP contribution in [-0.2, 0) is 0 Å². The van der Waals surface area contributed by atoms with Gasteiger partial charge in [0.05, 0.1) is 0 Å². The molecule has 1 saturated carbocycles.